The molecule has 4 heteroatoms. The number of nitrogens with one attached hydrogen (secondary N) is 1. The van der Waals surface area contributed by atoms with Gasteiger partial charge in [-0.05, 0) is 24.3 Å². The molecule has 100 valence electrons. The van der Waals surface area contributed by atoms with Crippen molar-refractivity contribution in [2.24, 2.45) is 0 Å². The first-order chi connectivity index (χ1) is 9.20. The van der Waals surface area contributed by atoms with E-state index < -0.39 is 0 Å². The third-order valence-electron chi connectivity index (χ3n) is 2.88. The zero-order valence-corrected chi connectivity index (χ0v) is 10.7. The number of phenols is 1. The van der Waals surface area contributed by atoms with Gasteiger partial charge in [0.25, 0.3) is 0 Å². The lowest BCUT2D eigenvalue weighted by atomic mass is 10.1. The fourth-order valence-corrected chi connectivity index (χ4v) is 1.80. The van der Waals surface area contributed by atoms with E-state index in [2.05, 4.69) is 5.32 Å². The van der Waals surface area contributed by atoms with Crippen molar-refractivity contribution >= 4 is 0 Å². The first kappa shape index (κ1) is 13.4. The summed E-state index contributed by atoms with van der Waals surface area (Å²) in [5.41, 5.74) is 1.32. The number of methoxy groups -OCH3 is 1. The molecule has 0 atom stereocenters. The summed E-state index contributed by atoms with van der Waals surface area (Å²) in [5, 5.41) is 12.8. The van der Waals surface area contributed by atoms with Crippen LogP contribution >= 0.6 is 0 Å². The highest BCUT2D eigenvalue weighted by molar-refractivity contribution is 5.39. The van der Waals surface area contributed by atoms with Crippen LogP contribution in [0, 0.1) is 5.82 Å². The van der Waals surface area contributed by atoms with Crippen molar-refractivity contribution in [1.82, 2.24) is 5.32 Å². The van der Waals surface area contributed by atoms with Gasteiger partial charge in [0.2, 0.25) is 0 Å². The number of hydrogen-bond acceptors (Lipinski definition) is 3. The Morgan fingerprint density at radius 1 is 1.11 bits per heavy atom. The van der Waals surface area contributed by atoms with E-state index in [1.807, 2.05) is 0 Å². The Labute approximate surface area is 111 Å². The third kappa shape index (κ3) is 3.45. The molecule has 0 aliphatic carbocycles. The van der Waals surface area contributed by atoms with E-state index in [0.717, 1.165) is 5.56 Å². The van der Waals surface area contributed by atoms with Gasteiger partial charge in [-0.15, -0.1) is 0 Å². The Bertz CT molecular complexity index is 558. The van der Waals surface area contributed by atoms with Crippen LogP contribution in [0.25, 0.3) is 0 Å². The molecular formula is C15H16FNO2. The Kier molecular flexibility index (Phi) is 4.36. The van der Waals surface area contributed by atoms with Gasteiger partial charge in [0.15, 0.2) is 0 Å². The second-order valence-corrected chi connectivity index (χ2v) is 4.19. The summed E-state index contributed by atoms with van der Waals surface area (Å²) in [7, 11) is 1.57. The van der Waals surface area contributed by atoms with E-state index in [1.54, 1.807) is 43.5 Å². The van der Waals surface area contributed by atoms with Crippen LogP contribution < -0.4 is 10.1 Å². The van der Waals surface area contributed by atoms with Crippen LogP contribution in [0.2, 0.25) is 0 Å². The maximum absolute atomic E-state index is 13.4. The largest absolute Gasteiger partial charge is 0.508 e. The molecule has 0 unspecified atom stereocenters. The summed E-state index contributed by atoms with van der Waals surface area (Å²) in [4.78, 5) is 0. The van der Waals surface area contributed by atoms with Crippen molar-refractivity contribution in [3.63, 3.8) is 0 Å². The van der Waals surface area contributed by atoms with Crippen LogP contribution in [0.4, 0.5) is 4.39 Å². The molecule has 0 aliphatic rings. The van der Waals surface area contributed by atoms with Crippen LogP contribution in [-0.4, -0.2) is 12.2 Å². The van der Waals surface area contributed by atoms with Crippen molar-refractivity contribution in [2.45, 2.75) is 13.1 Å². The number of aromatic hydroxyl groups is 1. The summed E-state index contributed by atoms with van der Waals surface area (Å²) in [6.07, 6.45) is 0. The van der Waals surface area contributed by atoms with Crippen molar-refractivity contribution in [1.29, 1.82) is 0 Å². The number of hydrogen-bond donors (Lipinski definition) is 2. The van der Waals surface area contributed by atoms with Gasteiger partial charge in [-0.1, -0.05) is 18.2 Å². The first-order valence-corrected chi connectivity index (χ1v) is 6.00. The molecule has 0 fully saturated rings. The Balaban J connectivity index is 1.98. The van der Waals surface area contributed by atoms with Crippen LogP contribution in [0.3, 0.4) is 0 Å². The monoisotopic (exact) mass is 261 g/mol. The molecule has 0 saturated carbocycles. The number of benzene rings is 2. The standard InChI is InChI=1S/C15H16FNO2/c1-19-13-6-7-15(18)12(8-13)10-17-9-11-4-2-3-5-14(11)16/h2-8,17-18H,9-10H2,1H3. The normalized spacial score (nSPS) is 10.4. The molecule has 19 heavy (non-hydrogen) atoms. The maximum Gasteiger partial charge on any atom is 0.127 e. The van der Waals surface area contributed by atoms with E-state index in [0.29, 0.717) is 24.4 Å². The quantitative estimate of drug-likeness (QED) is 0.869. The molecule has 2 aromatic rings. The van der Waals surface area contributed by atoms with Gasteiger partial charge >= 0.3 is 0 Å². The number of ether oxygens (including phenoxy) is 1. The molecule has 2 N–H and O–H groups in total. The predicted molar refractivity (Wildman–Crippen MR) is 71.6 cm³/mol. The molecule has 0 spiro atoms. The number of halogens is 1. The van der Waals surface area contributed by atoms with Crippen LogP contribution in [0.15, 0.2) is 42.5 Å². The van der Waals surface area contributed by atoms with E-state index in [9.17, 15) is 9.50 Å². The van der Waals surface area contributed by atoms with Crippen LogP contribution in [0.1, 0.15) is 11.1 Å². The molecule has 2 rings (SSSR count). The Morgan fingerprint density at radius 3 is 2.58 bits per heavy atom. The molecule has 0 saturated heterocycles. The highest BCUT2D eigenvalue weighted by Crippen LogP contribution is 2.22. The van der Waals surface area contributed by atoms with Gasteiger partial charge in [0.05, 0.1) is 7.11 Å². The molecule has 0 aromatic heterocycles. The van der Waals surface area contributed by atoms with Gasteiger partial charge in [0, 0.05) is 24.2 Å². The average Bonchev–Trinajstić information content (AvgIpc) is 2.43. The maximum atomic E-state index is 13.4. The van der Waals surface area contributed by atoms with Crippen LogP contribution in [0.5, 0.6) is 11.5 Å². The second kappa shape index (κ2) is 6.20. The van der Waals surface area contributed by atoms with Crippen molar-refractivity contribution in [2.75, 3.05) is 7.11 Å². The predicted octanol–water partition coefficient (Wildman–Crippen LogP) is 2.83. The zero-order chi connectivity index (χ0) is 13.7. The summed E-state index contributed by atoms with van der Waals surface area (Å²) < 4.78 is 18.5. The minimum absolute atomic E-state index is 0.196. The molecular weight excluding hydrogens is 245 g/mol. The van der Waals surface area contributed by atoms with Crippen LogP contribution in [-0.2, 0) is 13.1 Å². The molecule has 0 amide bonds. The second-order valence-electron chi connectivity index (χ2n) is 4.19. The lowest BCUT2D eigenvalue weighted by molar-refractivity contribution is 0.410. The SMILES string of the molecule is COc1ccc(O)c(CNCc2ccccc2F)c1. The van der Waals surface area contributed by atoms with Gasteiger partial charge < -0.3 is 15.2 Å². The minimum atomic E-state index is -0.232. The topological polar surface area (TPSA) is 41.5 Å². The summed E-state index contributed by atoms with van der Waals surface area (Å²) >= 11 is 0. The number of rotatable bonds is 5. The van der Waals surface area contributed by atoms with Gasteiger partial charge in [0.1, 0.15) is 17.3 Å². The zero-order valence-electron chi connectivity index (χ0n) is 10.7. The molecule has 0 heterocycles. The van der Waals surface area contributed by atoms with Crippen molar-refractivity contribution in [3.05, 3.63) is 59.4 Å². The highest BCUT2D eigenvalue weighted by atomic mass is 19.1. The lowest BCUT2D eigenvalue weighted by Gasteiger charge is -2.09. The van der Waals surface area contributed by atoms with E-state index in [4.69, 9.17) is 4.74 Å². The minimum Gasteiger partial charge on any atom is -0.508 e. The summed E-state index contributed by atoms with van der Waals surface area (Å²) in [6.45, 7) is 0.848. The Hall–Kier alpha value is -2.07. The van der Waals surface area contributed by atoms with Gasteiger partial charge in [-0.25, -0.2) is 4.39 Å². The number of phenolic OH excluding ortho intramolecular Hbond substituents is 1. The van der Waals surface area contributed by atoms with Gasteiger partial charge in [-0.3, -0.25) is 0 Å². The highest BCUT2D eigenvalue weighted by Gasteiger charge is 2.04. The third-order valence-corrected chi connectivity index (χ3v) is 2.88. The van der Waals surface area contributed by atoms with E-state index in [-0.39, 0.29) is 11.6 Å². The summed E-state index contributed by atoms with van der Waals surface area (Å²) in [6, 6.07) is 11.6. The molecule has 3 nitrogen and oxygen atoms in total. The van der Waals surface area contributed by atoms with Gasteiger partial charge in [-0.2, -0.15) is 0 Å². The first-order valence-electron chi connectivity index (χ1n) is 6.00. The molecule has 0 aliphatic heterocycles. The molecule has 0 bridgehead atoms. The Morgan fingerprint density at radius 2 is 1.84 bits per heavy atom. The smallest absolute Gasteiger partial charge is 0.127 e. The molecule has 2 aromatic carbocycles. The fourth-order valence-electron chi connectivity index (χ4n) is 1.80. The van der Waals surface area contributed by atoms with E-state index >= 15 is 0 Å². The average molecular weight is 261 g/mol. The summed E-state index contributed by atoms with van der Waals surface area (Å²) in [5.74, 6) is 0.646. The molecule has 0 radical (unpaired) electrons. The fraction of sp³-hybridized carbons (Fsp3) is 0.200. The van der Waals surface area contributed by atoms with Crippen molar-refractivity contribution in [3.8, 4) is 11.5 Å². The van der Waals surface area contributed by atoms with E-state index in [1.165, 1.54) is 6.07 Å². The van der Waals surface area contributed by atoms with Crippen molar-refractivity contribution < 1.29 is 14.2 Å². The lowest BCUT2D eigenvalue weighted by Crippen LogP contribution is -2.13.